The van der Waals surface area contributed by atoms with E-state index in [2.05, 4.69) is 36.4 Å². The molecule has 0 bridgehead atoms. The molecule has 11 aromatic rings. The minimum atomic E-state index is 0.522. The summed E-state index contributed by atoms with van der Waals surface area (Å²) in [5, 5.41) is 2.03. The zero-order chi connectivity index (χ0) is 36.3. The van der Waals surface area contributed by atoms with E-state index in [1.54, 1.807) is 0 Å². The molecule has 0 N–H and O–H groups in total. The minimum absolute atomic E-state index is 0.522. The molecule has 8 nitrogen and oxygen atoms in total. The van der Waals surface area contributed by atoms with Crippen LogP contribution < -0.4 is 0 Å². The summed E-state index contributed by atoms with van der Waals surface area (Å²) in [7, 11) is 0. The van der Waals surface area contributed by atoms with E-state index in [1.165, 1.54) is 0 Å². The second kappa shape index (κ2) is 12.5. The van der Waals surface area contributed by atoms with Crippen molar-refractivity contribution in [3.63, 3.8) is 0 Å². The predicted molar refractivity (Wildman–Crippen MR) is 215 cm³/mol. The molecule has 0 amide bonds. The second-order valence-electron chi connectivity index (χ2n) is 13.3. The average molecular weight is 710 g/mol. The quantitative estimate of drug-likeness (QED) is 0.168. The first-order valence-electron chi connectivity index (χ1n) is 17.9. The first-order chi connectivity index (χ1) is 27.2. The molecule has 0 aliphatic rings. The molecule has 7 aromatic carbocycles. The summed E-state index contributed by atoms with van der Waals surface area (Å²) in [6.07, 6.45) is 0. The Hall–Kier alpha value is -7.71. The average Bonchev–Trinajstić information content (AvgIpc) is 3.99. The highest BCUT2D eigenvalue weighted by atomic mass is 16.4. The van der Waals surface area contributed by atoms with Gasteiger partial charge in [0.2, 0.25) is 11.8 Å². The van der Waals surface area contributed by atoms with E-state index in [9.17, 15) is 0 Å². The third-order valence-corrected chi connectivity index (χ3v) is 9.84. The van der Waals surface area contributed by atoms with Gasteiger partial charge in [0.25, 0.3) is 0 Å². The standard InChI is InChI=1S/C47H27N5O3/c1-3-11-29(12-4-1)43-50-44(30-13-5-2-6-14-30)52-45(51-43)32-25-26-40-38(27-32)49-46(53-40)31-23-21-28(22-24-31)33-15-9-16-34-35-17-10-18-36(42(35)55-41(33)34)47-48-37-19-7-8-20-39(37)54-47/h1-27H. The lowest BCUT2D eigenvalue weighted by atomic mass is 10.0. The van der Waals surface area contributed by atoms with Crippen LogP contribution in [-0.2, 0) is 0 Å². The van der Waals surface area contributed by atoms with Crippen molar-refractivity contribution in [1.29, 1.82) is 0 Å². The van der Waals surface area contributed by atoms with Gasteiger partial charge in [-0.05, 0) is 54.1 Å². The number of hydrogen-bond donors (Lipinski definition) is 0. The van der Waals surface area contributed by atoms with Crippen LogP contribution in [0.5, 0.6) is 0 Å². The number of furan rings is 1. The molecule has 0 saturated heterocycles. The minimum Gasteiger partial charge on any atom is -0.455 e. The lowest BCUT2D eigenvalue weighted by molar-refractivity contribution is 0.615. The molecule has 0 aliphatic carbocycles. The fraction of sp³-hybridized carbons (Fsp3) is 0. The summed E-state index contributed by atoms with van der Waals surface area (Å²) in [6, 6.07) is 54.0. The molecular weight excluding hydrogens is 683 g/mol. The summed E-state index contributed by atoms with van der Waals surface area (Å²) in [4.78, 5) is 24.2. The van der Waals surface area contributed by atoms with E-state index in [0.29, 0.717) is 40.4 Å². The van der Waals surface area contributed by atoms with Crippen LogP contribution in [0.1, 0.15) is 0 Å². The maximum absolute atomic E-state index is 6.64. The zero-order valence-corrected chi connectivity index (χ0v) is 29.0. The topological polar surface area (TPSA) is 104 Å². The van der Waals surface area contributed by atoms with Crippen molar-refractivity contribution in [3.8, 4) is 68.2 Å². The van der Waals surface area contributed by atoms with Crippen LogP contribution in [0.25, 0.3) is 112 Å². The van der Waals surface area contributed by atoms with Crippen molar-refractivity contribution in [1.82, 2.24) is 24.9 Å². The predicted octanol–water partition coefficient (Wildman–Crippen LogP) is 12.1. The lowest BCUT2D eigenvalue weighted by Crippen LogP contribution is -2.00. The number of rotatable bonds is 6. The number of nitrogens with zero attached hydrogens (tertiary/aromatic N) is 5. The van der Waals surface area contributed by atoms with E-state index >= 15 is 0 Å². The largest absolute Gasteiger partial charge is 0.455 e. The number of hydrogen-bond acceptors (Lipinski definition) is 8. The van der Waals surface area contributed by atoms with Crippen LogP contribution >= 0.6 is 0 Å². The van der Waals surface area contributed by atoms with Gasteiger partial charge in [-0.25, -0.2) is 24.9 Å². The van der Waals surface area contributed by atoms with Crippen molar-refractivity contribution >= 4 is 44.1 Å². The summed E-state index contributed by atoms with van der Waals surface area (Å²) in [6.45, 7) is 0. The summed E-state index contributed by atoms with van der Waals surface area (Å²) >= 11 is 0. The molecule has 0 atom stereocenters. The molecule has 4 aromatic heterocycles. The first-order valence-corrected chi connectivity index (χ1v) is 17.9. The van der Waals surface area contributed by atoms with Crippen LogP contribution in [0.15, 0.2) is 177 Å². The molecule has 0 unspecified atom stereocenters. The van der Waals surface area contributed by atoms with Gasteiger partial charge in [-0.15, -0.1) is 0 Å². The van der Waals surface area contributed by atoms with Crippen LogP contribution in [0.4, 0.5) is 0 Å². The maximum atomic E-state index is 6.64. The molecule has 55 heavy (non-hydrogen) atoms. The van der Waals surface area contributed by atoms with Crippen LogP contribution in [0.2, 0.25) is 0 Å². The smallest absolute Gasteiger partial charge is 0.231 e. The SMILES string of the molecule is c1ccc(-c2nc(-c3ccccc3)nc(-c3ccc4oc(-c5ccc(-c6cccc7c6oc6c(-c8nc9ccccc9o8)cccc67)cc5)nc4c3)n2)cc1. The number of fused-ring (bicyclic) bond motifs is 5. The van der Waals surface area contributed by atoms with E-state index in [0.717, 1.165) is 72.0 Å². The normalized spacial score (nSPS) is 11.6. The van der Waals surface area contributed by atoms with Crippen LogP contribution in [0.3, 0.4) is 0 Å². The van der Waals surface area contributed by atoms with Crippen LogP contribution in [-0.4, -0.2) is 24.9 Å². The Morgan fingerprint density at radius 3 is 1.53 bits per heavy atom. The van der Waals surface area contributed by atoms with Gasteiger partial charge in [-0.1, -0.05) is 115 Å². The van der Waals surface area contributed by atoms with Gasteiger partial charge in [0, 0.05) is 38.6 Å². The Morgan fingerprint density at radius 2 is 0.836 bits per heavy atom. The van der Waals surface area contributed by atoms with Crippen molar-refractivity contribution < 1.29 is 13.3 Å². The highest BCUT2D eigenvalue weighted by Crippen LogP contribution is 2.40. The fourth-order valence-electron chi connectivity index (χ4n) is 7.12. The summed E-state index contributed by atoms with van der Waals surface area (Å²) < 4.78 is 19.0. The van der Waals surface area contributed by atoms with E-state index in [-0.39, 0.29) is 0 Å². The number of para-hydroxylation sites is 4. The Kier molecular flexibility index (Phi) is 6.99. The molecule has 8 heteroatoms. The van der Waals surface area contributed by atoms with Gasteiger partial charge in [0.15, 0.2) is 28.6 Å². The fourth-order valence-corrected chi connectivity index (χ4v) is 7.12. The van der Waals surface area contributed by atoms with E-state index in [4.69, 9.17) is 38.2 Å². The highest BCUT2D eigenvalue weighted by molar-refractivity contribution is 6.12. The van der Waals surface area contributed by atoms with Crippen molar-refractivity contribution in [2.45, 2.75) is 0 Å². The molecule has 11 rings (SSSR count). The molecule has 0 saturated carbocycles. The molecule has 0 radical (unpaired) electrons. The third-order valence-electron chi connectivity index (χ3n) is 9.84. The van der Waals surface area contributed by atoms with Gasteiger partial charge in [-0.3, -0.25) is 0 Å². The molecule has 258 valence electrons. The van der Waals surface area contributed by atoms with Crippen LogP contribution in [0, 0.1) is 0 Å². The van der Waals surface area contributed by atoms with Gasteiger partial charge >= 0.3 is 0 Å². The molecule has 4 heterocycles. The monoisotopic (exact) mass is 709 g/mol. The van der Waals surface area contributed by atoms with E-state index in [1.807, 2.05) is 127 Å². The molecule has 0 fully saturated rings. The van der Waals surface area contributed by atoms with Crippen molar-refractivity contribution in [2.75, 3.05) is 0 Å². The Morgan fingerprint density at radius 1 is 0.309 bits per heavy atom. The number of oxazole rings is 2. The number of benzene rings is 7. The van der Waals surface area contributed by atoms with Gasteiger partial charge in [-0.2, -0.15) is 0 Å². The van der Waals surface area contributed by atoms with Crippen molar-refractivity contribution in [3.05, 3.63) is 164 Å². The van der Waals surface area contributed by atoms with Gasteiger partial charge in [0.05, 0.1) is 5.56 Å². The van der Waals surface area contributed by atoms with Crippen molar-refractivity contribution in [2.24, 2.45) is 0 Å². The maximum Gasteiger partial charge on any atom is 0.231 e. The molecule has 0 aliphatic heterocycles. The Labute approximate surface area is 313 Å². The Balaban J connectivity index is 0.938. The summed E-state index contributed by atoms with van der Waals surface area (Å²) in [5.74, 6) is 2.82. The third kappa shape index (κ3) is 5.35. The summed E-state index contributed by atoms with van der Waals surface area (Å²) in [5.41, 5.74) is 10.8. The number of aromatic nitrogens is 5. The Bertz CT molecular complexity index is 3110. The molecule has 0 spiro atoms. The van der Waals surface area contributed by atoms with Gasteiger partial charge in [0.1, 0.15) is 22.2 Å². The first kappa shape index (κ1) is 30.9. The lowest BCUT2D eigenvalue weighted by Gasteiger charge is -2.08. The molecular formula is C47H27N5O3. The second-order valence-corrected chi connectivity index (χ2v) is 13.3. The zero-order valence-electron chi connectivity index (χ0n) is 29.0. The highest BCUT2D eigenvalue weighted by Gasteiger charge is 2.19. The van der Waals surface area contributed by atoms with Gasteiger partial charge < -0.3 is 13.3 Å². The van der Waals surface area contributed by atoms with E-state index < -0.39 is 0 Å².